The Balaban J connectivity index is 2.99. The molecule has 80 valence electrons. The fraction of sp³-hybridized carbons (Fsp3) is 0.462. The van der Waals surface area contributed by atoms with Crippen molar-refractivity contribution in [3.8, 4) is 6.07 Å². The molecule has 0 bridgehead atoms. The lowest BCUT2D eigenvalue weighted by molar-refractivity contribution is 0.190. The monoisotopic (exact) mass is 203 g/mol. The van der Waals surface area contributed by atoms with Crippen LogP contribution in [0.3, 0.4) is 0 Å². The molecular formula is C13H17NO. The van der Waals surface area contributed by atoms with Gasteiger partial charge < -0.3 is 5.11 Å². The lowest BCUT2D eigenvalue weighted by atomic mass is 9.84. The molecule has 15 heavy (non-hydrogen) atoms. The average molecular weight is 203 g/mol. The zero-order valence-corrected chi connectivity index (χ0v) is 9.54. The molecule has 0 heterocycles. The van der Waals surface area contributed by atoms with E-state index in [1.807, 2.05) is 13.8 Å². The fourth-order valence-electron chi connectivity index (χ4n) is 1.54. The van der Waals surface area contributed by atoms with Crippen LogP contribution in [0.5, 0.6) is 0 Å². The predicted molar refractivity (Wildman–Crippen MR) is 60.4 cm³/mol. The summed E-state index contributed by atoms with van der Waals surface area (Å²) in [6.07, 6.45) is 0.605. The largest absolute Gasteiger partial charge is 0.395 e. The Kier molecular flexibility index (Phi) is 3.49. The van der Waals surface area contributed by atoms with Crippen molar-refractivity contribution in [3.05, 3.63) is 34.9 Å². The Morgan fingerprint density at radius 2 is 2.07 bits per heavy atom. The molecule has 1 atom stereocenters. The minimum Gasteiger partial charge on any atom is -0.395 e. The van der Waals surface area contributed by atoms with Gasteiger partial charge in [-0.25, -0.2) is 0 Å². The number of hydrogen-bond donors (Lipinski definition) is 1. The van der Waals surface area contributed by atoms with Gasteiger partial charge in [0.2, 0.25) is 0 Å². The normalized spacial score (nSPS) is 14.3. The molecular weight excluding hydrogens is 186 g/mol. The Hall–Kier alpha value is -1.33. The number of nitriles is 1. The maximum atomic E-state index is 9.18. The van der Waals surface area contributed by atoms with Crippen molar-refractivity contribution in [3.63, 3.8) is 0 Å². The number of rotatable bonds is 3. The quantitative estimate of drug-likeness (QED) is 0.819. The molecule has 1 aromatic rings. The number of aliphatic hydroxyl groups excluding tert-OH is 1. The topological polar surface area (TPSA) is 44.0 Å². The van der Waals surface area contributed by atoms with Crippen LogP contribution in [-0.4, -0.2) is 11.7 Å². The van der Waals surface area contributed by atoms with Gasteiger partial charge in [-0.05, 0) is 38.3 Å². The summed E-state index contributed by atoms with van der Waals surface area (Å²) in [6, 6.07) is 8.37. The Morgan fingerprint density at radius 3 is 2.60 bits per heavy atom. The summed E-state index contributed by atoms with van der Waals surface area (Å²) in [7, 11) is 0. The van der Waals surface area contributed by atoms with E-state index in [0.29, 0.717) is 6.42 Å². The van der Waals surface area contributed by atoms with Crippen LogP contribution in [0.2, 0.25) is 0 Å². The molecule has 0 aromatic heterocycles. The molecule has 1 rings (SSSR count). The third kappa shape index (κ3) is 2.81. The smallest absolute Gasteiger partial charge is 0.0816 e. The Morgan fingerprint density at radius 1 is 1.40 bits per heavy atom. The van der Waals surface area contributed by atoms with E-state index in [1.165, 1.54) is 11.1 Å². The van der Waals surface area contributed by atoms with Gasteiger partial charge in [0.25, 0.3) is 0 Å². The summed E-state index contributed by atoms with van der Waals surface area (Å²) < 4.78 is 0. The van der Waals surface area contributed by atoms with Gasteiger partial charge >= 0.3 is 0 Å². The highest BCUT2D eigenvalue weighted by molar-refractivity contribution is 5.32. The van der Waals surface area contributed by atoms with E-state index in [0.717, 1.165) is 5.56 Å². The van der Waals surface area contributed by atoms with E-state index in [1.54, 1.807) is 6.92 Å². The zero-order chi connectivity index (χ0) is 11.5. The van der Waals surface area contributed by atoms with E-state index in [-0.39, 0.29) is 6.61 Å². The van der Waals surface area contributed by atoms with Crippen LogP contribution in [0.1, 0.15) is 23.6 Å². The minimum absolute atomic E-state index is 0.100. The third-order valence-corrected chi connectivity index (χ3v) is 2.70. The maximum Gasteiger partial charge on any atom is 0.0816 e. The Bertz CT molecular complexity index is 392. The molecule has 0 spiro atoms. The summed E-state index contributed by atoms with van der Waals surface area (Å²) in [5.74, 6) is 0. The molecule has 2 heteroatoms. The van der Waals surface area contributed by atoms with E-state index < -0.39 is 5.41 Å². The van der Waals surface area contributed by atoms with Crippen LogP contribution in [-0.2, 0) is 6.42 Å². The van der Waals surface area contributed by atoms with Gasteiger partial charge in [0.1, 0.15) is 0 Å². The first kappa shape index (κ1) is 11.7. The number of hydrogen-bond acceptors (Lipinski definition) is 2. The fourth-order valence-corrected chi connectivity index (χ4v) is 1.54. The number of nitrogens with zero attached hydrogens (tertiary/aromatic N) is 1. The van der Waals surface area contributed by atoms with Crippen molar-refractivity contribution in [2.45, 2.75) is 27.2 Å². The first-order chi connectivity index (χ1) is 7.00. The lowest BCUT2D eigenvalue weighted by Crippen LogP contribution is -2.22. The standard InChI is InChI=1S/C13H17NO/c1-10-4-5-11(2)12(6-10)7-13(3,8-14)9-15/h4-6,15H,7,9H2,1-3H3. The average Bonchev–Trinajstić information content (AvgIpc) is 2.23. The zero-order valence-electron chi connectivity index (χ0n) is 9.54. The molecule has 0 fully saturated rings. The summed E-state index contributed by atoms with van der Waals surface area (Å²) in [4.78, 5) is 0. The van der Waals surface area contributed by atoms with E-state index in [9.17, 15) is 5.11 Å². The van der Waals surface area contributed by atoms with E-state index in [2.05, 4.69) is 24.3 Å². The molecule has 0 aliphatic rings. The van der Waals surface area contributed by atoms with Gasteiger partial charge in [-0.2, -0.15) is 5.26 Å². The number of aliphatic hydroxyl groups is 1. The molecule has 0 saturated carbocycles. The summed E-state index contributed by atoms with van der Waals surface area (Å²) in [5.41, 5.74) is 2.84. The van der Waals surface area contributed by atoms with Crippen molar-refractivity contribution < 1.29 is 5.11 Å². The molecule has 1 N–H and O–H groups in total. The van der Waals surface area contributed by atoms with Crippen molar-refractivity contribution in [2.75, 3.05) is 6.61 Å². The molecule has 0 aliphatic heterocycles. The van der Waals surface area contributed by atoms with Crippen molar-refractivity contribution >= 4 is 0 Å². The van der Waals surface area contributed by atoms with Crippen LogP contribution in [0.25, 0.3) is 0 Å². The summed E-state index contributed by atoms with van der Waals surface area (Å²) in [5, 5.41) is 18.2. The lowest BCUT2D eigenvalue weighted by Gasteiger charge is -2.19. The van der Waals surface area contributed by atoms with Crippen LogP contribution in [0.15, 0.2) is 18.2 Å². The van der Waals surface area contributed by atoms with Crippen LogP contribution in [0, 0.1) is 30.6 Å². The SMILES string of the molecule is Cc1ccc(C)c(CC(C)(C#N)CO)c1. The second kappa shape index (κ2) is 4.46. The second-order valence-electron chi connectivity index (χ2n) is 4.44. The van der Waals surface area contributed by atoms with E-state index in [4.69, 9.17) is 5.26 Å². The van der Waals surface area contributed by atoms with Gasteiger partial charge in [0, 0.05) is 0 Å². The van der Waals surface area contributed by atoms with Crippen molar-refractivity contribution in [1.82, 2.24) is 0 Å². The van der Waals surface area contributed by atoms with Gasteiger partial charge in [-0.3, -0.25) is 0 Å². The summed E-state index contributed by atoms with van der Waals surface area (Å²) >= 11 is 0. The second-order valence-corrected chi connectivity index (χ2v) is 4.44. The first-order valence-corrected chi connectivity index (χ1v) is 5.09. The molecule has 0 radical (unpaired) electrons. The predicted octanol–water partition coefficient (Wildman–Crippen LogP) is 2.37. The minimum atomic E-state index is -0.668. The number of benzene rings is 1. The van der Waals surface area contributed by atoms with Gasteiger partial charge in [0.15, 0.2) is 0 Å². The summed E-state index contributed by atoms with van der Waals surface area (Å²) in [6.45, 7) is 5.75. The molecule has 1 unspecified atom stereocenters. The van der Waals surface area contributed by atoms with Crippen molar-refractivity contribution in [2.24, 2.45) is 5.41 Å². The highest BCUT2D eigenvalue weighted by atomic mass is 16.3. The maximum absolute atomic E-state index is 9.18. The van der Waals surface area contributed by atoms with Gasteiger partial charge in [-0.1, -0.05) is 23.8 Å². The molecule has 0 aliphatic carbocycles. The first-order valence-electron chi connectivity index (χ1n) is 5.09. The third-order valence-electron chi connectivity index (χ3n) is 2.70. The highest BCUT2D eigenvalue weighted by Crippen LogP contribution is 2.23. The molecule has 1 aromatic carbocycles. The Labute approximate surface area is 91.2 Å². The highest BCUT2D eigenvalue weighted by Gasteiger charge is 2.23. The molecule has 2 nitrogen and oxygen atoms in total. The van der Waals surface area contributed by atoms with E-state index >= 15 is 0 Å². The van der Waals surface area contributed by atoms with Gasteiger partial charge in [-0.15, -0.1) is 0 Å². The molecule has 0 amide bonds. The van der Waals surface area contributed by atoms with Crippen LogP contribution in [0.4, 0.5) is 0 Å². The van der Waals surface area contributed by atoms with Crippen LogP contribution >= 0.6 is 0 Å². The van der Waals surface area contributed by atoms with Crippen molar-refractivity contribution in [1.29, 1.82) is 5.26 Å². The van der Waals surface area contributed by atoms with Gasteiger partial charge in [0.05, 0.1) is 18.1 Å². The molecule has 0 saturated heterocycles. The number of aryl methyl sites for hydroxylation is 2. The van der Waals surface area contributed by atoms with Crippen LogP contribution < -0.4 is 0 Å².